The third-order valence-corrected chi connectivity index (χ3v) is 3.21. The minimum absolute atomic E-state index is 0. The second-order valence-electron chi connectivity index (χ2n) is 4.50. The summed E-state index contributed by atoms with van der Waals surface area (Å²) in [6.45, 7) is 2.08. The Hall–Kier alpha value is -1.77. The number of aryl methyl sites for hydroxylation is 1. The van der Waals surface area contributed by atoms with Gasteiger partial charge in [0, 0.05) is 32.7 Å². The van der Waals surface area contributed by atoms with Crippen LogP contribution in [0.1, 0.15) is 5.56 Å². The quantitative estimate of drug-likeness (QED) is 0.573. The van der Waals surface area contributed by atoms with E-state index in [0.29, 0.717) is 0 Å². The Morgan fingerprint density at radius 2 is 1.65 bits per heavy atom. The molecule has 0 bridgehead atoms. The molecule has 4 heteroatoms. The summed E-state index contributed by atoms with van der Waals surface area (Å²) in [7, 11) is 1.98. The summed E-state index contributed by atoms with van der Waals surface area (Å²) in [6.07, 6.45) is 0. The molecule has 0 unspecified atom stereocenters. The normalized spacial score (nSPS) is 10.1. The van der Waals surface area contributed by atoms with Crippen LogP contribution < -0.4 is 0 Å². The van der Waals surface area contributed by atoms with Gasteiger partial charge < -0.3 is 4.57 Å². The van der Waals surface area contributed by atoms with E-state index in [4.69, 9.17) is 0 Å². The molecule has 2 aromatic carbocycles. The fraction of sp³-hybridized carbons (Fsp3) is 0.125. The summed E-state index contributed by atoms with van der Waals surface area (Å²) in [5.74, 6) is 1.71. The van der Waals surface area contributed by atoms with Crippen LogP contribution in [0, 0.1) is 13.0 Å². The molecule has 3 rings (SSSR count). The number of aromatic nitrogens is 3. The second-order valence-corrected chi connectivity index (χ2v) is 4.50. The zero-order valence-corrected chi connectivity index (χ0v) is 13.7. The van der Waals surface area contributed by atoms with E-state index in [1.54, 1.807) is 0 Å². The Labute approximate surface area is 132 Å². The third kappa shape index (κ3) is 2.58. The molecule has 0 amide bonds. The van der Waals surface area contributed by atoms with Crippen LogP contribution in [0.2, 0.25) is 0 Å². The van der Waals surface area contributed by atoms with Crippen LogP contribution in [-0.2, 0) is 27.2 Å². The van der Waals surface area contributed by atoms with Crippen molar-refractivity contribution in [1.82, 2.24) is 14.8 Å². The van der Waals surface area contributed by atoms with Gasteiger partial charge in [-0.15, -0.1) is 41.0 Å². The maximum absolute atomic E-state index is 4.32. The van der Waals surface area contributed by atoms with E-state index in [0.717, 1.165) is 22.8 Å². The maximum atomic E-state index is 4.32. The second kappa shape index (κ2) is 6.12. The van der Waals surface area contributed by atoms with Crippen molar-refractivity contribution in [3.8, 4) is 22.8 Å². The molecule has 0 fully saturated rings. The number of benzene rings is 2. The van der Waals surface area contributed by atoms with Gasteiger partial charge in [-0.25, -0.2) is 0 Å². The first-order valence-corrected chi connectivity index (χ1v) is 6.20. The number of hydrogen-bond acceptors (Lipinski definition) is 2. The zero-order valence-electron chi connectivity index (χ0n) is 11.3. The van der Waals surface area contributed by atoms with Gasteiger partial charge >= 0.3 is 0 Å². The Balaban J connectivity index is 0.00000147. The summed E-state index contributed by atoms with van der Waals surface area (Å²) in [5.41, 5.74) is 3.26. The minimum atomic E-state index is 0. The van der Waals surface area contributed by atoms with Crippen LogP contribution in [0.5, 0.6) is 0 Å². The molecule has 20 heavy (non-hydrogen) atoms. The van der Waals surface area contributed by atoms with Crippen LogP contribution in [0.25, 0.3) is 22.8 Å². The van der Waals surface area contributed by atoms with Crippen molar-refractivity contribution in [3.05, 3.63) is 60.2 Å². The Kier molecular flexibility index (Phi) is 4.48. The van der Waals surface area contributed by atoms with Crippen LogP contribution in [-0.4, -0.2) is 14.8 Å². The molecule has 3 nitrogen and oxygen atoms in total. The third-order valence-electron chi connectivity index (χ3n) is 3.21. The molecule has 3 aromatic rings. The van der Waals surface area contributed by atoms with E-state index in [2.05, 4.69) is 35.3 Å². The molecule has 0 aliphatic heterocycles. The molecular weight excluding hydrogens is 426 g/mol. The van der Waals surface area contributed by atoms with Crippen LogP contribution in [0.15, 0.2) is 48.5 Å². The molecule has 1 radical (unpaired) electrons. The maximum Gasteiger partial charge on any atom is 0.155 e. The molecule has 0 atom stereocenters. The largest absolute Gasteiger partial charge is 0.350 e. The molecule has 0 spiro atoms. The number of rotatable bonds is 2. The first-order chi connectivity index (χ1) is 9.27. The average molecular weight is 441 g/mol. The van der Waals surface area contributed by atoms with Gasteiger partial charge in [-0.05, 0) is 12.5 Å². The Bertz CT molecular complexity index is 705. The smallest absolute Gasteiger partial charge is 0.155 e. The molecule has 0 N–H and O–H groups in total. The first kappa shape index (κ1) is 14.6. The molecule has 1 aromatic heterocycles. The Morgan fingerprint density at radius 3 is 2.35 bits per heavy atom. The van der Waals surface area contributed by atoms with E-state index in [-0.39, 0.29) is 20.1 Å². The van der Waals surface area contributed by atoms with E-state index < -0.39 is 0 Å². The van der Waals surface area contributed by atoms with E-state index >= 15 is 0 Å². The van der Waals surface area contributed by atoms with Crippen molar-refractivity contribution >= 4 is 0 Å². The summed E-state index contributed by atoms with van der Waals surface area (Å²) in [6, 6.07) is 19.2. The summed E-state index contributed by atoms with van der Waals surface area (Å²) < 4.78 is 2.01. The summed E-state index contributed by atoms with van der Waals surface area (Å²) >= 11 is 0. The van der Waals surface area contributed by atoms with Crippen LogP contribution in [0.4, 0.5) is 0 Å². The molecule has 0 saturated carbocycles. The van der Waals surface area contributed by atoms with Gasteiger partial charge in [0.05, 0.1) is 5.82 Å². The van der Waals surface area contributed by atoms with Crippen molar-refractivity contribution in [3.63, 3.8) is 0 Å². The van der Waals surface area contributed by atoms with E-state index in [1.807, 2.05) is 48.0 Å². The predicted octanol–water partition coefficient (Wildman–Crippen LogP) is 3.26. The zero-order chi connectivity index (χ0) is 13.2. The van der Waals surface area contributed by atoms with Crippen molar-refractivity contribution in [1.29, 1.82) is 0 Å². The standard InChI is InChI=1S/C16H14N3.Ir/c1-12-8-6-7-11-14(12)16-18-17-15(19(16)2)13-9-4-3-5-10-13;/h3-9,11H,1-2H3;/q-1;. The van der Waals surface area contributed by atoms with Gasteiger partial charge in [-0.1, -0.05) is 24.3 Å². The molecule has 1 heterocycles. The van der Waals surface area contributed by atoms with Crippen LogP contribution in [0.3, 0.4) is 0 Å². The van der Waals surface area contributed by atoms with Gasteiger partial charge in [-0.3, -0.25) is 0 Å². The molecule has 0 saturated heterocycles. The van der Waals surface area contributed by atoms with Gasteiger partial charge in [0.2, 0.25) is 0 Å². The van der Waals surface area contributed by atoms with Gasteiger partial charge in [0.15, 0.2) is 5.82 Å². The van der Waals surface area contributed by atoms with E-state index in [1.165, 1.54) is 5.56 Å². The fourth-order valence-corrected chi connectivity index (χ4v) is 2.15. The molecule has 0 aliphatic carbocycles. The molecule has 103 valence electrons. The van der Waals surface area contributed by atoms with Crippen molar-refractivity contribution in [2.24, 2.45) is 7.05 Å². The minimum Gasteiger partial charge on any atom is -0.350 e. The first-order valence-electron chi connectivity index (χ1n) is 6.20. The van der Waals surface area contributed by atoms with Gasteiger partial charge in [0.25, 0.3) is 0 Å². The Morgan fingerprint density at radius 1 is 0.950 bits per heavy atom. The number of hydrogen-bond donors (Lipinski definition) is 0. The average Bonchev–Trinajstić information content (AvgIpc) is 2.82. The van der Waals surface area contributed by atoms with Crippen molar-refractivity contribution in [2.45, 2.75) is 6.92 Å². The number of nitrogens with zero attached hydrogens (tertiary/aromatic N) is 3. The molecule has 0 aliphatic rings. The monoisotopic (exact) mass is 441 g/mol. The van der Waals surface area contributed by atoms with E-state index in [9.17, 15) is 0 Å². The van der Waals surface area contributed by atoms with Gasteiger partial charge in [0.1, 0.15) is 0 Å². The molecular formula is C16H14IrN3-. The fourth-order valence-electron chi connectivity index (χ4n) is 2.15. The van der Waals surface area contributed by atoms with Crippen molar-refractivity contribution < 1.29 is 20.1 Å². The topological polar surface area (TPSA) is 30.7 Å². The summed E-state index contributed by atoms with van der Waals surface area (Å²) in [5, 5.41) is 8.60. The van der Waals surface area contributed by atoms with Crippen molar-refractivity contribution in [2.75, 3.05) is 0 Å². The summed E-state index contributed by atoms with van der Waals surface area (Å²) in [4.78, 5) is 0. The SMILES string of the molecule is Cc1ccccc1-c1nnc(-c2[c-]cccc2)n1C.[Ir]. The van der Waals surface area contributed by atoms with Gasteiger partial charge in [-0.2, -0.15) is 5.10 Å². The van der Waals surface area contributed by atoms with Crippen LogP contribution >= 0.6 is 0 Å². The predicted molar refractivity (Wildman–Crippen MR) is 75.4 cm³/mol.